The van der Waals surface area contributed by atoms with Gasteiger partial charge in [0.2, 0.25) is 0 Å². The minimum absolute atomic E-state index is 0. The Morgan fingerprint density at radius 1 is 1.13 bits per heavy atom. The molecule has 0 fully saturated rings. The normalized spacial score (nSPS) is 20.7. The third-order valence-corrected chi connectivity index (χ3v) is 21.4. The van der Waals surface area contributed by atoms with Crippen LogP contribution in [0.1, 0.15) is 34.6 Å². The zero-order chi connectivity index (χ0) is 16.9. The van der Waals surface area contributed by atoms with Crippen molar-refractivity contribution in [1.82, 2.24) is 0 Å². The van der Waals surface area contributed by atoms with Crippen LogP contribution in [-0.4, -0.2) is 22.6 Å². The number of hydrogen-bond donors (Lipinski definition) is 0. The van der Waals surface area contributed by atoms with Gasteiger partial charge in [-0.1, -0.05) is 0 Å². The molecule has 0 bridgehead atoms. The van der Waals surface area contributed by atoms with Gasteiger partial charge in [-0.3, -0.25) is 0 Å². The molecule has 0 saturated heterocycles. The first-order valence-electron chi connectivity index (χ1n) is 7.82. The molecule has 0 aromatic rings. The molecule has 0 radical (unpaired) electrons. The molecule has 138 valence electrons. The van der Waals surface area contributed by atoms with E-state index in [-0.39, 0.29) is 30.7 Å². The first kappa shape index (κ1) is 26.2. The van der Waals surface area contributed by atoms with E-state index in [0.29, 0.717) is 6.61 Å². The van der Waals surface area contributed by atoms with Crippen LogP contribution in [0.15, 0.2) is 20.6 Å². The molecule has 0 N–H and O–H groups in total. The van der Waals surface area contributed by atoms with E-state index in [4.69, 9.17) is 6.33 Å². The van der Waals surface area contributed by atoms with Crippen molar-refractivity contribution in [2.24, 2.45) is 5.92 Å². The molecule has 1 aliphatic carbocycles. The SMILES string of the molecule is CC[O][Ti]([CH3])(=[O])(=[SiH2])([O][Si](C)(C)C)[C]1=C(C)C(C)=C(C)C1C.Cl.Cl. The molecule has 0 saturated carbocycles. The Hall–Kier alpha value is 0.928. The number of rotatable bonds is 5. The first-order chi connectivity index (χ1) is 9.07. The van der Waals surface area contributed by atoms with Crippen LogP contribution in [0, 0.1) is 5.92 Å². The molecule has 3 nitrogen and oxygen atoms in total. The van der Waals surface area contributed by atoms with E-state index in [9.17, 15) is 3.32 Å². The second-order valence-corrected chi connectivity index (χ2v) is 30.2. The molecule has 8 heteroatoms. The van der Waals surface area contributed by atoms with Gasteiger partial charge >= 0.3 is 132 Å². The third kappa shape index (κ3) is 4.97. The summed E-state index contributed by atoms with van der Waals surface area (Å²) in [5, 5.41) is 1.78. The molecular weight excluding hydrogens is 403 g/mol. The topological polar surface area (TPSA) is 35.5 Å². The fourth-order valence-electron chi connectivity index (χ4n) is 4.07. The van der Waals surface area contributed by atoms with E-state index in [1.165, 1.54) is 18.8 Å². The Morgan fingerprint density at radius 3 is 1.83 bits per heavy atom. The second kappa shape index (κ2) is 6.92. The van der Waals surface area contributed by atoms with Crippen molar-refractivity contribution in [2.45, 2.75) is 59.5 Å². The minimum Gasteiger partial charge on any atom is -0.147 e. The van der Waals surface area contributed by atoms with Crippen molar-refractivity contribution in [1.29, 1.82) is 0 Å². The molecule has 1 aliphatic rings. The summed E-state index contributed by atoms with van der Waals surface area (Å²) >= 11 is -5.41. The van der Waals surface area contributed by atoms with Crippen LogP contribution in [0.3, 0.4) is 0 Å². The molecule has 0 aromatic heterocycles. The maximum Gasteiger partial charge on any atom is -0.147 e. The van der Waals surface area contributed by atoms with Gasteiger partial charge in [-0.25, -0.2) is 0 Å². The van der Waals surface area contributed by atoms with Crippen LogP contribution in [0.4, 0.5) is 0 Å². The van der Waals surface area contributed by atoms with E-state index in [1.54, 1.807) is 5.23 Å². The summed E-state index contributed by atoms with van der Waals surface area (Å²) < 4.78 is 27.9. The molecule has 23 heavy (non-hydrogen) atoms. The van der Waals surface area contributed by atoms with Crippen LogP contribution in [0.2, 0.25) is 24.9 Å². The maximum absolute atomic E-state index is 14.5. The monoisotopic (exact) mass is 436 g/mol. The molecular formula is C15H34Cl2O3Si2Ti. The average Bonchev–Trinajstić information content (AvgIpc) is 2.39. The third-order valence-electron chi connectivity index (χ3n) is 4.63. The molecule has 0 aromatic carbocycles. The predicted molar refractivity (Wildman–Crippen MR) is 106 cm³/mol. The van der Waals surface area contributed by atoms with Gasteiger partial charge in [0.25, 0.3) is 0 Å². The summed E-state index contributed by atoms with van der Waals surface area (Å²) in [5.41, 5.74) is 3.61. The van der Waals surface area contributed by atoms with Gasteiger partial charge in [-0.05, 0) is 0 Å². The van der Waals surface area contributed by atoms with E-state index in [0.717, 1.165) is 9.45 Å². The van der Waals surface area contributed by atoms with Gasteiger partial charge in [-0.15, -0.1) is 24.8 Å². The van der Waals surface area contributed by atoms with Crippen molar-refractivity contribution in [2.75, 3.05) is 6.61 Å². The van der Waals surface area contributed by atoms with Crippen LogP contribution in [0.5, 0.6) is 0 Å². The van der Waals surface area contributed by atoms with Gasteiger partial charge in [0.05, 0.1) is 0 Å². The standard InChI is InChI=1S/C9H13.C3H9OSi.C2H5O.CH3.2ClH.O.H2Si.Ti/c1-6-5-7(2)9(4)8(6)3;1-5(2,3)4;1-2-3;;;;;;/h6H,1-4H3;1-3H3;2H2,1H3;1H3;2*1H;;1H2;/q;2*-1;;;;;;+2. The summed E-state index contributed by atoms with van der Waals surface area (Å²) in [6.45, 7) is 16.9. The largest absolute Gasteiger partial charge is 0.147 e. The first-order valence-corrected chi connectivity index (χ1v) is 19.5. The minimum atomic E-state index is -5.41. The molecule has 0 spiro atoms. The average molecular weight is 437 g/mol. The summed E-state index contributed by atoms with van der Waals surface area (Å²) in [5.74, 6) is 0.123. The zero-order valence-electron chi connectivity index (χ0n) is 16.0. The van der Waals surface area contributed by atoms with E-state index >= 15 is 0 Å². The molecule has 1 atom stereocenters. The van der Waals surface area contributed by atoms with Crippen LogP contribution in [-0.2, 0) is 23.2 Å². The molecule has 0 aliphatic heterocycles. The molecule has 1 unspecified atom stereocenters. The van der Waals surface area contributed by atoms with Crippen molar-refractivity contribution >= 4 is 40.8 Å². The van der Waals surface area contributed by atoms with Crippen LogP contribution < -0.4 is 0 Å². The van der Waals surface area contributed by atoms with Crippen molar-refractivity contribution in [3.8, 4) is 0 Å². The predicted octanol–water partition coefficient (Wildman–Crippen LogP) is 4.98. The Bertz CT molecular complexity index is 707. The molecule has 1 rings (SSSR count). The van der Waals surface area contributed by atoms with Gasteiger partial charge in [-0.2, -0.15) is 0 Å². The number of hydrogen-bond acceptors (Lipinski definition) is 3. The molecule has 0 amide bonds. The Balaban J connectivity index is 0. The van der Waals surface area contributed by atoms with Gasteiger partial charge in [0.1, 0.15) is 0 Å². The summed E-state index contributed by atoms with van der Waals surface area (Å²) in [6, 6.07) is 0. The van der Waals surface area contributed by atoms with Gasteiger partial charge in [0.15, 0.2) is 0 Å². The zero-order valence-corrected chi connectivity index (χ0v) is 21.6. The molecule has 0 heterocycles. The quantitative estimate of drug-likeness (QED) is 0.570. The van der Waals surface area contributed by atoms with Crippen molar-refractivity contribution in [3.05, 3.63) is 20.6 Å². The Morgan fingerprint density at radius 2 is 1.57 bits per heavy atom. The Labute approximate surface area is 155 Å². The Kier molecular flexibility index (Phi) is 7.87. The summed E-state index contributed by atoms with van der Waals surface area (Å²) in [7, 11) is -0.549. The van der Waals surface area contributed by atoms with Crippen molar-refractivity contribution < 1.29 is 23.2 Å². The second-order valence-electron chi connectivity index (χ2n) is 8.10. The number of halogens is 2. The maximum atomic E-state index is 14.5. The summed E-state index contributed by atoms with van der Waals surface area (Å²) in [4.78, 5) is 0. The smallest absolute Gasteiger partial charge is 0.147 e. The fourth-order valence-corrected chi connectivity index (χ4v) is 30.0. The van der Waals surface area contributed by atoms with Gasteiger partial charge in [0, 0.05) is 0 Å². The van der Waals surface area contributed by atoms with E-state index in [1.807, 2.05) is 6.92 Å². The van der Waals surface area contributed by atoms with Gasteiger partial charge < -0.3 is 0 Å². The van der Waals surface area contributed by atoms with E-state index < -0.39 is 21.8 Å². The number of allylic oxidation sites excluding steroid dienone is 4. The van der Waals surface area contributed by atoms with Crippen LogP contribution in [0.25, 0.3) is 0 Å². The van der Waals surface area contributed by atoms with Crippen LogP contribution >= 0.6 is 24.8 Å². The summed E-state index contributed by atoms with van der Waals surface area (Å²) in [6.07, 6.45) is 0. The van der Waals surface area contributed by atoms with E-state index in [2.05, 4.69) is 47.3 Å². The van der Waals surface area contributed by atoms with Crippen molar-refractivity contribution in [3.63, 3.8) is 0 Å². The fraction of sp³-hybridized carbons (Fsp3) is 0.733.